The molecule has 0 aliphatic heterocycles. The van der Waals surface area contributed by atoms with Crippen LogP contribution in [0.3, 0.4) is 0 Å². The first-order valence-electron chi connectivity index (χ1n) is 5.37. The van der Waals surface area contributed by atoms with Crippen molar-refractivity contribution in [1.82, 2.24) is 5.32 Å². The van der Waals surface area contributed by atoms with E-state index in [1.165, 1.54) is 0 Å². The van der Waals surface area contributed by atoms with Crippen molar-refractivity contribution in [3.63, 3.8) is 0 Å². The van der Waals surface area contributed by atoms with Gasteiger partial charge in [-0.05, 0) is 12.5 Å². The van der Waals surface area contributed by atoms with Crippen LogP contribution >= 0.6 is 12.4 Å². The molecule has 1 amide bonds. The predicted molar refractivity (Wildman–Crippen MR) is 71.2 cm³/mol. The fourth-order valence-corrected chi connectivity index (χ4v) is 1.15. The molecule has 0 bridgehead atoms. The summed E-state index contributed by atoms with van der Waals surface area (Å²) in [5.41, 5.74) is 0.919. The fourth-order valence-electron chi connectivity index (χ4n) is 1.15. The van der Waals surface area contributed by atoms with Crippen molar-refractivity contribution >= 4 is 24.4 Å². The molecule has 2 N–H and O–H groups in total. The molecule has 0 radical (unpaired) electrons. The summed E-state index contributed by atoms with van der Waals surface area (Å²) in [6, 6.07) is 9.39. The van der Waals surface area contributed by atoms with E-state index in [2.05, 4.69) is 5.32 Å². The molecule has 18 heavy (non-hydrogen) atoms. The molecule has 0 aromatic heterocycles. The van der Waals surface area contributed by atoms with Crippen molar-refractivity contribution in [3.05, 3.63) is 35.9 Å². The molecule has 1 aromatic carbocycles. The van der Waals surface area contributed by atoms with Crippen LogP contribution in [0.1, 0.15) is 12.5 Å². The minimum Gasteiger partial charge on any atom is -0.480 e. The maximum absolute atomic E-state index is 11.2. The Labute approximate surface area is 112 Å². The average Bonchev–Trinajstić information content (AvgIpc) is 2.35. The molecule has 0 fully saturated rings. The zero-order chi connectivity index (χ0) is 12.5. The van der Waals surface area contributed by atoms with E-state index in [4.69, 9.17) is 14.9 Å². The van der Waals surface area contributed by atoms with Crippen molar-refractivity contribution < 1.29 is 14.3 Å². The molecule has 6 heteroatoms. The SMILES string of the molecule is CCOC(=N)CNC(=O)OCc1ccccc1.Cl. The molecular weight excluding hydrogens is 256 g/mol. The van der Waals surface area contributed by atoms with Gasteiger partial charge in [0.05, 0.1) is 13.2 Å². The number of benzene rings is 1. The number of halogens is 1. The van der Waals surface area contributed by atoms with Crippen LogP contribution in [0.15, 0.2) is 30.3 Å². The summed E-state index contributed by atoms with van der Waals surface area (Å²) in [5.74, 6) is 0.0177. The molecule has 0 aliphatic rings. The van der Waals surface area contributed by atoms with E-state index in [1.54, 1.807) is 6.92 Å². The highest BCUT2D eigenvalue weighted by molar-refractivity contribution is 5.85. The van der Waals surface area contributed by atoms with E-state index < -0.39 is 6.09 Å². The van der Waals surface area contributed by atoms with Gasteiger partial charge >= 0.3 is 6.09 Å². The van der Waals surface area contributed by atoms with Crippen molar-refractivity contribution in [2.24, 2.45) is 0 Å². The highest BCUT2D eigenvalue weighted by atomic mass is 35.5. The van der Waals surface area contributed by atoms with E-state index in [1.807, 2.05) is 30.3 Å². The molecule has 0 saturated heterocycles. The third-order valence-electron chi connectivity index (χ3n) is 1.92. The maximum Gasteiger partial charge on any atom is 0.407 e. The molecule has 5 nitrogen and oxygen atoms in total. The number of carbonyl (C=O) groups is 1. The Bertz CT molecular complexity index is 371. The van der Waals surface area contributed by atoms with Gasteiger partial charge in [-0.3, -0.25) is 5.41 Å². The molecule has 0 spiro atoms. The smallest absolute Gasteiger partial charge is 0.407 e. The van der Waals surface area contributed by atoms with Gasteiger partial charge in [-0.1, -0.05) is 30.3 Å². The number of hydrogen-bond acceptors (Lipinski definition) is 4. The Morgan fingerprint density at radius 3 is 2.56 bits per heavy atom. The van der Waals surface area contributed by atoms with Gasteiger partial charge in [0, 0.05) is 0 Å². The largest absolute Gasteiger partial charge is 0.480 e. The number of amides is 1. The summed E-state index contributed by atoms with van der Waals surface area (Å²) in [4.78, 5) is 11.2. The number of ether oxygens (including phenoxy) is 2. The van der Waals surface area contributed by atoms with Crippen LogP contribution in [-0.2, 0) is 16.1 Å². The molecule has 0 saturated carbocycles. The monoisotopic (exact) mass is 272 g/mol. The van der Waals surface area contributed by atoms with Crippen molar-refractivity contribution in [1.29, 1.82) is 5.41 Å². The third kappa shape index (κ3) is 6.75. The van der Waals surface area contributed by atoms with Gasteiger partial charge in [-0.25, -0.2) is 4.79 Å². The van der Waals surface area contributed by atoms with Gasteiger partial charge in [-0.15, -0.1) is 12.4 Å². The first-order valence-corrected chi connectivity index (χ1v) is 5.37. The lowest BCUT2D eigenvalue weighted by atomic mass is 10.2. The second-order valence-corrected chi connectivity index (χ2v) is 3.27. The van der Waals surface area contributed by atoms with Crippen LogP contribution < -0.4 is 5.32 Å². The van der Waals surface area contributed by atoms with Crippen LogP contribution in [0.2, 0.25) is 0 Å². The normalized spacial score (nSPS) is 8.94. The van der Waals surface area contributed by atoms with Gasteiger partial charge in [0.1, 0.15) is 6.61 Å². The summed E-state index contributed by atoms with van der Waals surface area (Å²) in [7, 11) is 0. The van der Waals surface area contributed by atoms with E-state index in [-0.39, 0.29) is 31.5 Å². The predicted octanol–water partition coefficient (Wildman–Crippen LogP) is 2.35. The van der Waals surface area contributed by atoms with Crippen LogP contribution in [0.25, 0.3) is 0 Å². The average molecular weight is 273 g/mol. The Balaban J connectivity index is 0.00000289. The third-order valence-corrected chi connectivity index (χ3v) is 1.92. The second-order valence-electron chi connectivity index (χ2n) is 3.27. The van der Waals surface area contributed by atoms with E-state index in [0.717, 1.165) is 5.56 Å². The molecule has 1 aromatic rings. The van der Waals surface area contributed by atoms with Gasteiger partial charge in [0.25, 0.3) is 0 Å². The Hall–Kier alpha value is -1.75. The van der Waals surface area contributed by atoms with Gasteiger partial charge < -0.3 is 14.8 Å². The van der Waals surface area contributed by atoms with E-state index in [0.29, 0.717) is 6.61 Å². The highest BCUT2D eigenvalue weighted by Gasteiger charge is 2.04. The molecule has 0 atom stereocenters. The standard InChI is InChI=1S/C12H16N2O3.ClH/c1-2-16-11(13)8-14-12(15)17-9-10-6-4-3-5-7-10;/h3-7,13H,2,8-9H2,1H3,(H,14,15);1H. The molecule has 100 valence electrons. The van der Waals surface area contributed by atoms with E-state index >= 15 is 0 Å². The topological polar surface area (TPSA) is 71.4 Å². The Morgan fingerprint density at radius 2 is 1.94 bits per heavy atom. The minimum absolute atomic E-state index is 0. The summed E-state index contributed by atoms with van der Waals surface area (Å²) in [6.07, 6.45) is -0.557. The van der Waals surface area contributed by atoms with Gasteiger partial charge in [0.15, 0.2) is 0 Å². The summed E-state index contributed by atoms with van der Waals surface area (Å²) >= 11 is 0. The first-order chi connectivity index (χ1) is 8.22. The number of alkyl carbamates (subject to hydrolysis) is 1. The molecular formula is C12H17ClN2O3. The van der Waals surface area contributed by atoms with Crippen molar-refractivity contribution in [2.75, 3.05) is 13.2 Å². The second kappa shape index (κ2) is 9.30. The lowest BCUT2D eigenvalue weighted by molar-refractivity contribution is 0.140. The highest BCUT2D eigenvalue weighted by Crippen LogP contribution is 2.00. The Kier molecular flexibility index (Phi) is 8.39. The van der Waals surface area contributed by atoms with Crippen LogP contribution in [0, 0.1) is 5.41 Å². The molecule has 0 unspecified atom stereocenters. The zero-order valence-electron chi connectivity index (χ0n) is 10.1. The molecule has 0 heterocycles. The number of nitrogens with one attached hydrogen (secondary N) is 2. The fraction of sp³-hybridized carbons (Fsp3) is 0.333. The summed E-state index contributed by atoms with van der Waals surface area (Å²) < 4.78 is 9.82. The summed E-state index contributed by atoms with van der Waals surface area (Å²) in [5, 5.41) is 9.71. The minimum atomic E-state index is -0.557. The van der Waals surface area contributed by atoms with Gasteiger partial charge in [0.2, 0.25) is 5.90 Å². The van der Waals surface area contributed by atoms with E-state index in [9.17, 15) is 4.79 Å². The van der Waals surface area contributed by atoms with Crippen LogP contribution in [0.5, 0.6) is 0 Å². The number of rotatable bonds is 5. The quantitative estimate of drug-likeness (QED) is 0.638. The lowest BCUT2D eigenvalue weighted by Gasteiger charge is -2.08. The molecule has 1 rings (SSSR count). The first kappa shape index (κ1) is 16.2. The lowest BCUT2D eigenvalue weighted by Crippen LogP contribution is -2.30. The van der Waals surface area contributed by atoms with Crippen LogP contribution in [0.4, 0.5) is 4.79 Å². The zero-order valence-corrected chi connectivity index (χ0v) is 11.0. The van der Waals surface area contributed by atoms with Crippen molar-refractivity contribution in [2.45, 2.75) is 13.5 Å². The van der Waals surface area contributed by atoms with Gasteiger partial charge in [-0.2, -0.15) is 0 Å². The van der Waals surface area contributed by atoms with Crippen molar-refractivity contribution in [3.8, 4) is 0 Å². The Morgan fingerprint density at radius 1 is 1.28 bits per heavy atom. The number of carbonyl (C=O) groups excluding carboxylic acids is 1. The summed E-state index contributed by atoms with van der Waals surface area (Å²) in [6.45, 7) is 2.46. The number of hydrogen-bond donors (Lipinski definition) is 2. The van der Waals surface area contributed by atoms with Crippen LogP contribution in [-0.4, -0.2) is 25.1 Å². The maximum atomic E-state index is 11.2. The molecule has 0 aliphatic carbocycles.